The predicted octanol–water partition coefficient (Wildman–Crippen LogP) is 4.48. The molecular weight excluding hydrogens is 332 g/mol. The first-order valence-corrected chi connectivity index (χ1v) is 9.82. The van der Waals surface area contributed by atoms with E-state index in [4.69, 9.17) is 4.98 Å². The minimum atomic E-state index is 0.499. The molecule has 1 aliphatic heterocycles. The summed E-state index contributed by atoms with van der Waals surface area (Å²) in [6.45, 7) is 7.54. The molecule has 0 spiro atoms. The summed E-state index contributed by atoms with van der Waals surface area (Å²) in [5, 5.41) is 4.32. The van der Waals surface area contributed by atoms with E-state index in [9.17, 15) is 0 Å². The Hall–Kier alpha value is -2.46. The lowest BCUT2D eigenvalue weighted by atomic mass is 9.92. The zero-order valence-electron chi connectivity index (χ0n) is 16.5. The van der Waals surface area contributed by atoms with Crippen molar-refractivity contribution in [2.24, 2.45) is 7.05 Å². The standard InChI is InChI=1S/C23H28N4/c1-17-6-4-7-19(10-17)14-27-9-5-8-20(16-27)23-12-21(11-18(2)25-23)22-13-24-26(3)15-22/h4,6-7,10-13,15,20H,5,8-9,14,16H2,1-3H3. The monoisotopic (exact) mass is 360 g/mol. The summed E-state index contributed by atoms with van der Waals surface area (Å²) in [6.07, 6.45) is 6.45. The summed E-state index contributed by atoms with van der Waals surface area (Å²) < 4.78 is 1.86. The minimum absolute atomic E-state index is 0.499. The highest BCUT2D eigenvalue weighted by Gasteiger charge is 2.23. The van der Waals surface area contributed by atoms with Gasteiger partial charge in [-0.25, -0.2) is 0 Å². The molecule has 2 aromatic heterocycles. The van der Waals surface area contributed by atoms with Gasteiger partial charge in [-0.15, -0.1) is 0 Å². The molecule has 0 aliphatic carbocycles. The first kappa shape index (κ1) is 17.9. The first-order chi connectivity index (χ1) is 13.1. The highest BCUT2D eigenvalue weighted by atomic mass is 15.2. The summed E-state index contributed by atoms with van der Waals surface area (Å²) in [6, 6.07) is 13.3. The van der Waals surface area contributed by atoms with Crippen LogP contribution in [0.15, 0.2) is 48.8 Å². The number of nitrogens with zero attached hydrogens (tertiary/aromatic N) is 4. The predicted molar refractivity (Wildman–Crippen MR) is 110 cm³/mol. The second-order valence-corrected chi connectivity index (χ2v) is 7.89. The molecule has 0 radical (unpaired) electrons. The lowest BCUT2D eigenvalue weighted by Crippen LogP contribution is -2.34. The second kappa shape index (κ2) is 7.65. The zero-order valence-corrected chi connectivity index (χ0v) is 16.5. The number of piperidine rings is 1. The van der Waals surface area contributed by atoms with Crippen LogP contribution in [-0.2, 0) is 13.6 Å². The summed E-state index contributed by atoms with van der Waals surface area (Å²) in [5.74, 6) is 0.499. The normalized spacial score (nSPS) is 18.0. The lowest BCUT2D eigenvalue weighted by molar-refractivity contribution is 0.198. The molecule has 4 nitrogen and oxygen atoms in total. The van der Waals surface area contributed by atoms with E-state index >= 15 is 0 Å². The maximum Gasteiger partial charge on any atom is 0.0568 e. The average molecular weight is 361 g/mol. The van der Waals surface area contributed by atoms with E-state index in [-0.39, 0.29) is 0 Å². The van der Waals surface area contributed by atoms with Crippen LogP contribution >= 0.6 is 0 Å². The number of hydrogen-bond donors (Lipinski definition) is 0. The molecule has 1 aromatic carbocycles. The molecule has 1 fully saturated rings. The van der Waals surface area contributed by atoms with Gasteiger partial charge in [0.05, 0.1) is 6.20 Å². The number of hydrogen-bond acceptors (Lipinski definition) is 3. The van der Waals surface area contributed by atoms with E-state index in [1.54, 1.807) is 0 Å². The molecule has 3 heterocycles. The molecule has 0 amide bonds. The molecule has 1 saturated heterocycles. The number of pyridine rings is 1. The molecule has 27 heavy (non-hydrogen) atoms. The van der Waals surface area contributed by atoms with Crippen molar-refractivity contribution in [1.82, 2.24) is 19.7 Å². The van der Waals surface area contributed by atoms with Gasteiger partial charge in [0, 0.05) is 49.2 Å². The molecule has 0 N–H and O–H groups in total. The maximum atomic E-state index is 4.89. The van der Waals surface area contributed by atoms with Crippen LogP contribution in [0.5, 0.6) is 0 Å². The summed E-state index contributed by atoms with van der Waals surface area (Å²) in [7, 11) is 1.96. The molecule has 1 atom stereocenters. The number of rotatable bonds is 4. The average Bonchev–Trinajstić information content (AvgIpc) is 3.08. The van der Waals surface area contributed by atoms with Crippen LogP contribution in [0.1, 0.15) is 41.3 Å². The van der Waals surface area contributed by atoms with Crippen molar-refractivity contribution in [2.75, 3.05) is 13.1 Å². The lowest BCUT2D eigenvalue weighted by Gasteiger charge is -2.32. The van der Waals surface area contributed by atoms with Crippen molar-refractivity contribution in [3.63, 3.8) is 0 Å². The fourth-order valence-corrected chi connectivity index (χ4v) is 4.15. The molecule has 140 valence electrons. The smallest absolute Gasteiger partial charge is 0.0568 e. The van der Waals surface area contributed by atoms with Gasteiger partial charge in [-0.1, -0.05) is 29.8 Å². The number of aryl methyl sites for hydroxylation is 3. The maximum absolute atomic E-state index is 4.89. The van der Waals surface area contributed by atoms with Gasteiger partial charge < -0.3 is 0 Å². The second-order valence-electron chi connectivity index (χ2n) is 7.89. The van der Waals surface area contributed by atoms with E-state index < -0.39 is 0 Å². The van der Waals surface area contributed by atoms with Crippen LogP contribution < -0.4 is 0 Å². The molecule has 3 aromatic rings. The highest BCUT2D eigenvalue weighted by molar-refractivity contribution is 5.62. The van der Waals surface area contributed by atoms with Crippen LogP contribution in [0.2, 0.25) is 0 Å². The van der Waals surface area contributed by atoms with Crippen molar-refractivity contribution in [2.45, 2.75) is 39.2 Å². The topological polar surface area (TPSA) is 34.0 Å². The first-order valence-electron chi connectivity index (χ1n) is 9.82. The SMILES string of the molecule is Cc1cccc(CN2CCCC(c3cc(-c4cnn(C)c4)cc(C)n3)C2)c1. The molecule has 0 saturated carbocycles. The molecular formula is C23H28N4. The molecule has 0 bridgehead atoms. The van der Waals surface area contributed by atoms with Crippen molar-refractivity contribution in [1.29, 1.82) is 0 Å². The quantitative estimate of drug-likeness (QED) is 0.688. The van der Waals surface area contributed by atoms with E-state index in [2.05, 4.69) is 66.4 Å². The number of likely N-dealkylation sites (tertiary alicyclic amines) is 1. The zero-order chi connectivity index (χ0) is 18.8. The van der Waals surface area contributed by atoms with E-state index in [0.717, 1.165) is 24.3 Å². The third-order valence-electron chi connectivity index (χ3n) is 5.42. The Balaban J connectivity index is 1.53. The third kappa shape index (κ3) is 4.28. The summed E-state index contributed by atoms with van der Waals surface area (Å²) in [5.41, 5.74) is 7.44. The third-order valence-corrected chi connectivity index (χ3v) is 5.42. The van der Waals surface area contributed by atoms with Gasteiger partial charge >= 0.3 is 0 Å². The van der Waals surface area contributed by atoms with Gasteiger partial charge in [-0.2, -0.15) is 5.10 Å². The van der Waals surface area contributed by atoms with Crippen LogP contribution in [0.25, 0.3) is 11.1 Å². The van der Waals surface area contributed by atoms with E-state index in [0.29, 0.717) is 5.92 Å². The van der Waals surface area contributed by atoms with Gasteiger partial charge in [-0.05, 0) is 56.5 Å². The number of aromatic nitrogens is 3. The summed E-state index contributed by atoms with van der Waals surface area (Å²) >= 11 is 0. The van der Waals surface area contributed by atoms with E-state index in [1.807, 2.05) is 17.9 Å². The van der Waals surface area contributed by atoms with Gasteiger partial charge in [0.15, 0.2) is 0 Å². The van der Waals surface area contributed by atoms with Crippen molar-refractivity contribution < 1.29 is 0 Å². The largest absolute Gasteiger partial charge is 0.298 e. The Bertz CT molecular complexity index is 928. The molecule has 4 heteroatoms. The van der Waals surface area contributed by atoms with Crippen LogP contribution in [0.4, 0.5) is 0 Å². The molecule has 4 rings (SSSR count). The number of benzene rings is 1. The van der Waals surface area contributed by atoms with E-state index in [1.165, 1.54) is 41.8 Å². The molecule has 1 aliphatic rings. The van der Waals surface area contributed by atoms with Gasteiger partial charge in [-0.3, -0.25) is 14.6 Å². The Morgan fingerprint density at radius 1 is 1.11 bits per heavy atom. The Kier molecular flexibility index (Phi) is 5.08. The Morgan fingerprint density at radius 3 is 2.78 bits per heavy atom. The summed E-state index contributed by atoms with van der Waals surface area (Å²) in [4.78, 5) is 7.47. The molecule has 1 unspecified atom stereocenters. The van der Waals surface area contributed by atoms with Crippen LogP contribution in [0.3, 0.4) is 0 Å². The fourth-order valence-electron chi connectivity index (χ4n) is 4.15. The van der Waals surface area contributed by atoms with Crippen LogP contribution in [-0.4, -0.2) is 32.8 Å². The van der Waals surface area contributed by atoms with Gasteiger partial charge in [0.2, 0.25) is 0 Å². The Labute approximate surface area is 161 Å². The van der Waals surface area contributed by atoms with Crippen molar-refractivity contribution in [3.8, 4) is 11.1 Å². The van der Waals surface area contributed by atoms with Crippen molar-refractivity contribution in [3.05, 3.63) is 71.3 Å². The Morgan fingerprint density at radius 2 is 2.00 bits per heavy atom. The van der Waals surface area contributed by atoms with Gasteiger partial charge in [0.1, 0.15) is 0 Å². The van der Waals surface area contributed by atoms with Crippen molar-refractivity contribution >= 4 is 0 Å². The van der Waals surface area contributed by atoms with Gasteiger partial charge in [0.25, 0.3) is 0 Å². The van der Waals surface area contributed by atoms with Crippen LogP contribution in [0, 0.1) is 13.8 Å². The fraction of sp³-hybridized carbons (Fsp3) is 0.391. The minimum Gasteiger partial charge on any atom is -0.298 e. The highest BCUT2D eigenvalue weighted by Crippen LogP contribution is 2.30.